The van der Waals surface area contributed by atoms with Gasteiger partial charge in [0.15, 0.2) is 0 Å². The lowest BCUT2D eigenvalue weighted by molar-refractivity contribution is -0.125. The largest absolute Gasteiger partial charge is 0.375 e. The van der Waals surface area contributed by atoms with Gasteiger partial charge >= 0.3 is 0 Å². The van der Waals surface area contributed by atoms with Crippen LogP contribution in [0.2, 0.25) is 0 Å². The van der Waals surface area contributed by atoms with Crippen molar-refractivity contribution >= 4 is 5.91 Å². The molecule has 1 atom stereocenters. The summed E-state index contributed by atoms with van der Waals surface area (Å²) in [5.41, 5.74) is 0. The zero-order valence-electron chi connectivity index (χ0n) is 9.64. The number of carbonyl (C=O) groups excluding carboxylic acids is 1. The van der Waals surface area contributed by atoms with Gasteiger partial charge in [0.05, 0.1) is 0 Å². The van der Waals surface area contributed by atoms with Crippen molar-refractivity contribution in [2.24, 2.45) is 0 Å². The molecule has 1 N–H and O–H groups in total. The summed E-state index contributed by atoms with van der Waals surface area (Å²) in [6.07, 6.45) is 5.62. The van der Waals surface area contributed by atoms with E-state index in [1.165, 1.54) is 12.8 Å². The molecule has 1 amide bonds. The van der Waals surface area contributed by atoms with Crippen LogP contribution in [0.25, 0.3) is 0 Å². The number of hydrogen-bond donors (Lipinski definition) is 1. The Bertz CT molecular complexity index is 148. The van der Waals surface area contributed by atoms with E-state index in [-0.39, 0.29) is 12.5 Å². The first kappa shape index (κ1) is 13.4. The standard InChI is InChI=1S/C11H23NO2/c1-4-6-8-10(7-5-2)12-11(13)9-14-3/h10H,4-9H2,1-3H3,(H,12,13). The second-order valence-electron chi connectivity index (χ2n) is 3.63. The Labute approximate surface area is 87.2 Å². The molecular weight excluding hydrogens is 178 g/mol. The van der Waals surface area contributed by atoms with Gasteiger partial charge in [0.25, 0.3) is 0 Å². The molecule has 0 aliphatic carbocycles. The summed E-state index contributed by atoms with van der Waals surface area (Å²) >= 11 is 0. The van der Waals surface area contributed by atoms with E-state index in [1.54, 1.807) is 7.11 Å². The molecule has 0 heterocycles. The third kappa shape index (κ3) is 6.89. The molecule has 0 radical (unpaired) electrons. The third-order valence-electron chi connectivity index (χ3n) is 2.18. The van der Waals surface area contributed by atoms with Crippen molar-refractivity contribution in [1.82, 2.24) is 5.32 Å². The van der Waals surface area contributed by atoms with Crippen LogP contribution in [0.15, 0.2) is 0 Å². The Kier molecular flexibility index (Phi) is 8.64. The van der Waals surface area contributed by atoms with Crippen molar-refractivity contribution < 1.29 is 9.53 Å². The van der Waals surface area contributed by atoms with Crippen molar-refractivity contribution in [1.29, 1.82) is 0 Å². The lowest BCUT2D eigenvalue weighted by Gasteiger charge is -2.17. The predicted octanol–water partition coefficient (Wildman–Crippen LogP) is 2.11. The Morgan fingerprint density at radius 2 is 2.00 bits per heavy atom. The first-order chi connectivity index (χ1) is 6.74. The van der Waals surface area contributed by atoms with Crippen LogP contribution in [-0.2, 0) is 9.53 Å². The van der Waals surface area contributed by atoms with Crippen LogP contribution in [-0.4, -0.2) is 25.7 Å². The lowest BCUT2D eigenvalue weighted by Crippen LogP contribution is -2.36. The first-order valence-corrected chi connectivity index (χ1v) is 5.52. The third-order valence-corrected chi connectivity index (χ3v) is 2.18. The van der Waals surface area contributed by atoms with Gasteiger partial charge in [-0.2, -0.15) is 0 Å². The number of hydrogen-bond acceptors (Lipinski definition) is 2. The molecule has 0 bridgehead atoms. The van der Waals surface area contributed by atoms with Crippen LogP contribution in [0, 0.1) is 0 Å². The first-order valence-electron chi connectivity index (χ1n) is 5.52. The second kappa shape index (κ2) is 9.00. The topological polar surface area (TPSA) is 38.3 Å². The summed E-state index contributed by atoms with van der Waals surface area (Å²) in [6.45, 7) is 4.48. The molecule has 3 nitrogen and oxygen atoms in total. The van der Waals surface area contributed by atoms with E-state index >= 15 is 0 Å². The van der Waals surface area contributed by atoms with E-state index in [1.807, 2.05) is 0 Å². The number of methoxy groups -OCH3 is 1. The maximum atomic E-state index is 11.3. The fourth-order valence-corrected chi connectivity index (χ4v) is 1.49. The van der Waals surface area contributed by atoms with Gasteiger partial charge in [0.2, 0.25) is 5.91 Å². The summed E-state index contributed by atoms with van der Waals surface area (Å²) in [4.78, 5) is 11.3. The number of ether oxygens (including phenoxy) is 1. The molecule has 0 aliphatic rings. The summed E-state index contributed by atoms with van der Waals surface area (Å²) in [7, 11) is 1.54. The minimum Gasteiger partial charge on any atom is -0.375 e. The van der Waals surface area contributed by atoms with Crippen molar-refractivity contribution in [3.8, 4) is 0 Å². The van der Waals surface area contributed by atoms with Gasteiger partial charge in [-0.1, -0.05) is 33.1 Å². The maximum absolute atomic E-state index is 11.3. The van der Waals surface area contributed by atoms with Gasteiger partial charge in [-0.3, -0.25) is 4.79 Å². The molecule has 0 aromatic rings. The number of amides is 1. The quantitative estimate of drug-likeness (QED) is 0.653. The normalized spacial score (nSPS) is 12.5. The smallest absolute Gasteiger partial charge is 0.246 e. The molecule has 0 aromatic heterocycles. The number of rotatable bonds is 8. The van der Waals surface area contributed by atoms with Gasteiger partial charge in [0.1, 0.15) is 6.61 Å². The van der Waals surface area contributed by atoms with E-state index in [0.717, 1.165) is 19.3 Å². The van der Waals surface area contributed by atoms with Crippen LogP contribution in [0.4, 0.5) is 0 Å². The predicted molar refractivity (Wildman–Crippen MR) is 58.2 cm³/mol. The monoisotopic (exact) mass is 201 g/mol. The van der Waals surface area contributed by atoms with Crippen LogP contribution in [0.5, 0.6) is 0 Å². The van der Waals surface area contributed by atoms with Crippen molar-refractivity contribution in [2.75, 3.05) is 13.7 Å². The van der Waals surface area contributed by atoms with Crippen molar-refractivity contribution in [3.05, 3.63) is 0 Å². The maximum Gasteiger partial charge on any atom is 0.246 e. The van der Waals surface area contributed by atoms with Crippen LogP contribution in [0.1, 0.15) is 46.0 Å². The zero-order chi connectivity index (χ0) is 10.8. The van der Waals surface area contributed by atoms with E-state index in [9.17, 15) is 4.79 Å². The number of carbonyl (C=O) groups is 1. The molecule has 0 spiro atoms. The Balaban J connectivity index is 3.75. The summed E-state index contributed by atoms with van der Waals surface area (Å²) < 4.78 is 4.78. The number of unbranched alkanes of at least 4 members (excludes halogenated alkanes) is 1. The minimum absolute atomic E-state index is 0.00190. The highest BCUT2D eigenvalue weighted by atomic mass is 16.5. The fourth-order valence-electron chi connectivity index (χ4n) is 1.49. The lowest BCUT2D eigenvalue weighted by atomic mass is 10.1. The Hall–Kier alpha value is -0.570. The summed E-state index contributed by atoms with van der Waals surface area (Å²) in [6, 6.07) is 0.336. The average molecular weight is 201 g/mol. The Morgan fingerprint density at radius 1 is 1.29 bits per heavy atom. The molecule has 0 saturated heterocycles. The average Bonchev–Trinajstić information content (AvgIpc) is 2.15. The highest BCUT2D eigenvalue weighted by molar-refractivity contribution is 5.77. The molecular formula is C11H23NO2. The SMILES string of the molecule is CCCCC(CCC)NC(=O)COC. The summed E-state index contributed by atoms with van der Waals surface area (Å²) in [5.74, 6) is 0.00190. The minimum atomic E-state index is 0.00190. The van der Waals surface area contributed by atoms with Crippen molar-refractivity contribution in [3.63, 3.8) is 0 Å². The van der Waals surface area contributed by atoms with Crippen LogP contribution >= 0.6 is 0 Å². The molecule has 0 fully saturated rings. The molecule has 0 aliphatic heterocycles. The van der Waals surface area contributed by atoms with E-state index in [0.29, 0.717) is 6.04 Å². The van der Waals surface area contributed by atoms with E-state index < -0.39 is 0 Å². The van der Waals surface area contributed by atoms with Gasteiger partial charge in [0, 0.05) is 13.2 Å². The van der Waals surface area contributed by atoms with Gasteiger partial charge in [-0.15, -0.1) is 0 Å². The highest BCUT2D eigenvalue weighted by Crippen LogP contribution is 2.06. The van der Waals surface area contributed by atoms with E-state index in [2.05, 4.69) is 19.2 Å². The summed E-state index contributed by atoms with van der Waals surface area (Å²) in [5, 5.41) is 2.99. The van der Waals surface area contributed by atoms with Gasteiger partial charge < -0.3 is 10.1 Å². The molecule has 0 saturated carbocycles. The molecule has 84 valence electrons. The van der Waals surface area contributed by atoms with Crippen LogP contribution < -0.4 is 5.32 Å². The molecule has 0 rings (SSSR count). The highest BCUT2D eigenvalue weighted by Gasteiger charge is 2.10. The van der Waals surface area contributed by atoms with Crippen molar-refractivity contribution in [2.45, 2.75) is 52.0 Å². The zero-order valence-corrected chi connectivity index (χ0v) is 9.64. The Morgan fingerprint density at radius 3 is 2.50 bits per heavy atom. The molecule has 1 unspecified atom stereocenters. The van der Waals surface area contributed by atoms with Gasteiger partial charge in [-0.25, -0.2) is 0 Å². The fraction of sp³-hybridized carbons (Fsp3) is 0.909. The molecule has 3 heteroatoms. The number of nitrogens with one attached hydrogen (secondary N) is 1. The van der Waals surface area contributed by atoms with Crippen LogP contribution in [0.3, 0.4) is 0 Å². The molecule has 0 aromatic carbocycles. The van der Waals surface area contributed by atoms with Gasteiger partial charge in [-0.05, 0) is 12.8 Å². The molecule has 14 heavy (non-hydrogen) atoms. The second-order valence-corrected chi connectivity index (χ2v) is 3.63. The van der Waals surface area contributed by atoms with E-state index in [4.69, 9.17) is 4.74 Å².